The second-order valence-electron chi connectivity index (χ2n) is 5.36. The van der Waals surface area contributed by atoms with Gasteiger partial charge < -0.3 is 10.5 Å². The highest BCUT2D eigenvalue weighted by Crippen LogP contribution is 2.27. The first kappa shape index (κ1) is 19.8. The molecule has 1 aromatic heterocycles. The summed E-state index contributed by atoms with van der Waals surface area (Å²) < 4.78 is 4.95. The third-order valence-electron chi connectivity index (χ3n) is 3.64. The van der Waals surface area contributed by atoms with Crippen LogP contribution in [-0.2, 0) is 9.53 Å². The topological polar surface area (TPSA) is 65.2 Å². The third-order valence-corrected chi connectivity index (χ3v) is 3.64. The van der Waals surface area contributed by atoms with Crippen molar-refractivity contribution in [1.82, 2.24) is 4.98 Å². The Morgan fingerprint density at radius 2 is 1.83 bits per heavy atom. The first-order valence-corrected chi connectivity index (χ1v) is 8.46. The summed E-state index contributed by atoms with van der Waals surface area (Å²) in [4.78, 5) is 16.0. The molecule has 0 radical (unpaired) electrons. The van der Waals surface area contributed by atoms with E-state index in [0.29, 0.717) is 6.61 Å². The molecule has 0 aliphatic rings. The zero-order chi connectivity index (χ0) is 18.1. The van der Waals surface area contributed by atoms with Crippen molar-refractivity contribution in [2.75, 3.05) is 6.61 Å². The van der Waals surface area contributed by atoms with Crippen LogP contribution in [0.4, 0.5) is 0 Å². The fraction of sp³-hybridized carbons (Fsp3) is 0.400. The van der Waals surface area contributed by atoms with Gasteiger partial charge in [0.1, 0.15) is 0 Å². The molecule has 1 aromatic carbocycles. The van der Waals surface area contributed by atoms with E-state index in [0.717, 1.165) is 16.8 Å². The number of aryl methyl sites for hydroxylation is 2. The average molecular weight is 328 g/mol. The molecular formula is C20H28N2O2. The van der Waals surface area contributed by atoms with Crippen molar-refractivity contribution in [2.24, 2.45) is 5.73 Å². The van der Waals surface area contributed by atoms with Crippen LogP contribution in [0.5, 0.6) is 0 Å². The molecule has 0 aliphatic carbocycles. The van der Waals surface area contributed by atoms with Gasteiger partial charge in [0, 0.05) is 17.8 Å². The predicted octanol–water partition coefficient (Wildman–Crippen LogP) is 4.34. The average Bonchev–Trinajstić information content (AvgIpc) is 2.57. The third kappa shape index (κ3) is 5.17. The van der Waals surface area contributed by atoms with Crippen LogP contribution >= 0.6 is 0 Å². The van der Waals surface area contributed by atoms with Gasteiger partial charge >= 0.3 is 5.97 Å². The van der Waals surface area contributed by atoms with Gasteiger partial charge in [-0.2, -0.15) is 0 Å². The Kier molecular flexibility index (Phi) is 8.13. The second kappa shape index (κ2) is 9.83. The van der Waals surface area contributed by atoms with E-state index in [-0.39, 0.29) is 18.4 Å². The van der Waals surface area contributed by atoms with Crippen LogP contribution < -0.4 is 5.73 Å². The summed E-state index contributed by atoms with van der Waals surface area (Å²) in [6.45, 7) is 10.3. The molecule has 0 amide bonds. The first-order valence-electron chi connectivity index (χ1n) is 8.46. The lowest BCUT2D eigenvalue weighted by molar-refractivity contribution is -0.143. The first-order chi connectivity index (χ1) is 11.5. The molecule has 24 heavy (non-hydrogen) atoms. The summed E-state index contributed by atoms with van der Waals surface area (Å²) in [7, 11) is 0. The fourth-order valence-electron chi connectivity index (χ4n) is 2.55. The molecule has 1 atom stereocenters. The van der Waals surface area contributed by atoms with Crippen molar-refractivity contribution in [2.45, 2.75) is 47.1 Å². The van der Waals surface area contributed by atoms with E-state index < -0.39 is 0 Å². The van der Waals surface area contributed by atoms with Gasteiger partial charge in [-0.1, -0.05) is 32.0 Å². The van der Waals surface area contributed by atoms with Crippen molar-refractivity contribution < 1.29 is 9.53 Å². The van der Waals surface area contributed by atoms with Crippen LogP contribution in [0.3, 0.4) is 0 Å². The van der Waals surface area contributed by atoms with Crippen LogP contribution in [0, 0.1) is 13.8 Å². The molecule has 2 rings (SSSR count). The molecule has 4 nitrogen and oxygen atoms in total. The van der Waals surface area contributed by atoms with Crippen molar-refractivity contribution >= 4 is 5.97 Å². The van der Waals surface area contributed by atoms with Gasteiger partial charge in [-0.25, -0.2) is 0 Å². The number of nitrogens with two attached hydrogens (primary N) is 1. The van der Waals surface area contributed by atoms with E-state index in [9.17, 15) is 4.79 Å². The normalized spacial score (nSPS) is 11.2. The molecule has 130 valence electrons. The van der Waals surface area contributed by atoms with Gasteiger partial charge in [0.15, 0.2) is 0 Å². The lowest BCUT2D eigenvalue weighted by Crippen LogP contribution is -2.17. The summed E-state index contributed by atoms with van der Waals surface area (Å²) in [6.07, 6.45) is 1.91. The maximum atomic E-state index is 11.6. The molecule has 4 heteroatoms. The van der Waals surface area contributed by atoms with E-state index in [1.165, 1.54) is 11.1 Å². The van der Waals surface area contributed by atoms with Gasteiger partial charge in [-0.05, 0) is 49.6 Å². The van der Waals surface area contributed by atoms with E-state index in [4.69, 9.17) is 10.5 Å². The molecule has 2 N–H and O–H groups in total. The number of aromatic nitrogens is 1. The number of benzene rings is 1. The molecule has 0 fully saturated rings. The molecule has 1 heterocycles. The molecule has 0 saturated carbocycles. The van der Waals surface area contributed by atoms with Crippen molar-refractivity contribution in [3.05, 3.63) is 53.2 Å². The standard InChI is InChI=1S/C18H22N2O2.C2H6/c1-4-22-17(21)11-15(19)14-8-9-20-16(10-14)18-12(2)6-5-7-13(18)3;1-2/h5-10,15H,4,11,19H2,1-3H3;1-2H3/t15-;/m1./s1. The van der Waals surface area contributed by atoms with Gasteiger partial charge in [-0.15, -0.1) is 0 Å². The molecule has 0 saturated heterocycles. The van der Waals surface area contributed by atoms with Crippen LogP contribution in [0.1, 0.15) is 49.9 Å². The summed E-state index contributed by atoms with van der Waals surface area (Å²) in [6, 6.07) is 9.58. The SMILES string of the molecule is CC.CCOC(=O)C[C@@H](N)c1ccnc(-c2c(C)cccc2C)c1. The number of esters is 1. The van der Waals surface area contributed by atoms with E-state index in [2.05, 4.69) is 31.0 Å². The van der Waals surface area contributed by atoms with Gasteiger partial charge in [0.2, 0.25) is 0 Å². The molecule has 0 bridgehead atoms. The summed E-state index contributed by atoms with van der Waals surface area (Å²) >= 11 is 0. The highest BCUT2D eigenvalue weighted by atomic mass is 16.5. The quantitative estimate of drug-likeness (QED) is 0.829. The Balaban J connectivity index is 0.00000139. The number of hydrogen-bond acceptors (Lipinski definition) is 4. The highest BCUT2D eigenvalue weighted by Gasteiger charge is 2.14. The van der Waals surface area contributed by atoms with Crippen molar-refractivity contribution in [3.8, 4) is 11.3 Å². The minimum absolute atomic E-state index is 0.171. The predicted molar refractivity (Wildman–Crippen MR) is 98.7 cm³/mol. The number of carbonyl (C=O) groups is 1. The monoisotopic (exact) mass is 328 g/mol. The van der Waals surface area contributed by atoms with Gasteiger partial charge in [0.25, 0.3) is 0 Å². The van der Waals surface area contributed by atoms with Crippen LogP contribution in [0.25, 0.3) is 11.3 Å². The minimum Gasteiger partial charge on any atom is -0.466 e. The molecule has 0 aliphatic heterocycles. The molecule has 0 spiro atoms. The summed E-state index contributed by atoms with van der Waals surface area (Å²) in [5.74, 6) is -0.277. The Bertz CT molecular complexity index is 648. The summed E-state index contributed by atoms with van der Waals surface area (Å²) in [5.41, 5.74) is 11.4. The largest absolute Gasteiger partial charge is 0.466 e. The number of hydrogen-bond donors (Lipinski definition) is 1. The zero-order valence-corrected chi connectivity index (χ0v) is 15.3. The maximum Gasteiger partial charge on any atom is 0.307 e. The fourth-order valence-corrected chi connectivity index (χ4v) is 2.55. The van der Waals surface area contributed by atoms with Crippen molar-refractivity contribution in [3.63, 3.8) is 0 Å². The highest BCUT2D eigenvalue weighted by molar-refractivity contribution is 5.71. The maximum absolute atomic E-state index is 11.6. The lowest BCUT2D eigenvalue weighted by atomic mass is 9.97. The smallest absolute Gasteiger partial charge is 0.307 e. The number of carbonyl (C=O) groups excluding carboxylic acids is 1. The summed E-state index contributed by atoms with van der Waals surface area (Å²) in [5, 5.41) is 0. The zero-order valence-electron chi connectivity index (χ0n) is 15.3. The van der Waals surface area contributed by atoms with Gasteiger partial charge in [-0.3, -0.25) is 9.78 Å². The van der Waals surface area contributed by atoms with Gasteiger partial charge in [0.05, 0.1) is 18.7 Å². The second-order valence-corrected chi connectivity index (χ2v) is 5.36. The molecule has 0 unspecified atom stereocenters. The van der Waals surface area contributed by atoms with Crippen LogP contribution in [0.15, 0.2) is 36.5 Å². The minimum atomic E-state index is -0.384. The lowest BCUT2D eigenvalue weighted by Gasteiger charge is -2.14. The number of ether oxygens (including phenoxy) is 1. The Morgan fingerprint density at radius 3 is 2.42 bits per heavy atom. The van der Waals surface area contributed by atoms with Crippen molar-refractivity contribution in [1.29, 1.82) is 0 Å². The Labute approximate surface area is 145 Å². The van der Waals surface area contributed by atoms with E-state index >= 15 is 0 Å². The number of nitrogens with zero attached hydrogens (tertiary/aromatic N) is 1. The Hall–Kier alpha value is -2.20. The van der Waals surface area contributed by atoms with E-state index in [1.807, 2.05) is 32.0 Å². The Morgan fingerprint density at radius 1 is 1.21 bits per heavy atom. The number of rotatable bonds is 5. The number of pyridine rings is 1. The molecular weight excluding hydrogens is 300 g/mol. The van der Waals surface area contributed by atoms with E-state index in [1.54, 1.807) is 13.1 Å². The van der Waals surface area contributed by atoms with Crippen LogP contribution in [0.2, 0.25) is 0 Å². The van der Waals surface area contributed by atoms with Crippen LogP contribution in [-0.4, -0.2) is 17.6 Å². The molecule has 2 aromatic rings.